The van der Waals surface area contributed by atoms with E-state index in [1.165, 1.54) is 0 Å². The van der Waals surface area contributed by atoms with Gasteiger partial charge in [0.05, 0.1) is 23.8 Å². The summed E-state index contributed by atoms with van der Waals surface area (Å²) < 4.78 is 0. The van der Waals surface area contributed by atoms with Gasteiger partial charge in [0.1, 0.15) is 0 Å². The highest BCUT2D eigenvalue weighted by Gasteiger charge is 2.68. The summed E-state index contributed by atoms with van der Waals surface area (Å²) in [6.07, 6.45) is 6.18. The predicted molar refractivity (Wildman–Crippen MR) is 107 cm³/mol. The second kappa shape index (κ2) is 6.95. The number of hydrogen-bond donors (Lipinski definition) is 1. The molecule has 0 unspecified atom stereocenters. The SMILES string of the molecule is O=C(c1cccnc1)N1CC2(C1)[C@H](c1ccccc1)[C@@H](CO)N2C(=O)C1CCC1. The molecule has 1 saturated carbocycles. The van der Waals surface area contributed by atoms with Crippen molar-refractivity contribution in [3.8, 4) is 0 Å². The Balaban J connectivity index is 1.44. The van der Waals surface area contributed by atoms with E-state index < -0.39 is 5.54 Å². The molecule has 1 aromatic carbocycles. The summed E-state index contributed by atoms with van der Waals surface area (Å²) in [6.45, 7) is 0.931. The third kappa shape index (κ3) is 2.69. The van der Waals surface area contributed by atoms with Crippen molar-refractivity contribution in [2.75, 3.05) is 19.7 Å². The van der Waals surface area contributed by atoms with E-state index in [9.17, 15) is 14.7 Å². The molecule has 1 N–H and O–H groups in total. The van der Waals surface area contributed by atoms with Gasteiger partial charge in [-0.15, -0.1) is 0 Å². The fourth-order valence-corrected chi connectivity index (χ4v) is 5.30. The molecule has 0 bridgehead atoms. The maximum absolute atomic E-state index is 13.2. The van der Waals surface area contributed by atoms with Gasteiger partial charge in [-0.1, -0.05) is 36.8 Å². The second-order valence-electron chi connectivity index (χ2n) is 8.48. The zero-order valence-electron chi connectivity index (χ0n) is 16.3. The molecule has 150 valence electrons. The Bertz CT molecular complexity index is 907. The number of nitrogens with zero attached hydrogens (tertiary/aromatic N) is 3. The highest BCUT2D eigenvalue weighted by Crippen LogP contribution is 2.55. The number of aliphatic hydroxyl groups is 1. The summed E-state index contributed by atoms with van der Waals surface area (Å²) >= 11 is 0. The third-order valence-electron chi connectivity index (χ3n) is 6.94. The van der Waals surface area contributed by atoms with E-state index in [2.05, 4.69) is 17.1 Å². The zero-order chi connectivity index (χ0) is 20.0. The molecular formula is C23H25N3O3. The first-order valence-corrected chi connectivity index (χ1v) is 10.3. The number of aliphatic hydroxyl groups excluding tert-OH is 1. The van der Waals surface area contributed by atoms with Crippen molar-refractivity contribution in [1.29, 1.82) is 0 Å². The summed E-state index contributed by atoms with van der Waals surface area (Å²) in [5, 5.41) is 10.1. The number of carbonyl (C=O) groups excluding carboxylic acids is 2. The van der Waals surface area contributed by atoms with Gasteiger partial charge in [-0.3, -0.25) is 14.6 Å². The first-order valence-electron chi connectivity index (χ1n) is 10.3. The fourth-order valence-electron chi connectivity index (χ4n) is 5.30. The molecule has 3 fully saturated rings. The number of benzene rings is 1. The van der Waals surface area contributed by atoms with Crippen LogP contribution < -0.4 is 0 Å². The monoisotopic (exact) mass is 391 g/mol. The Kier molecular flexibility index (Phi) is 4.39. The van der Waals surface area contributed by atoms with Crippen molar-refractivity contribution in [2.24, 2.45) is 5.92 Å². The molecule has 2 saturated heterocycles. The molecule has 1 aliphatic carbocycles. The summed E-state index contributed by atoms with van der Waals surface area (Å²) in [4.78, 5) is 33.8. The zero-order valence-corrected chi connectivity index (χ0v) is 16.3. The summed E-state index contributed by atoms with van der Waals surface area (Å²) in [5.41, 5.74) is 1.27. The first kappa shape index (κ1) is 18.3. The van der Waals surface area contributed by atoms with Gasteiger partial charge in [0, 0.05) is 37.3 Å². The Morgan fingerprint density at radius 2 is 1.86 bits per heavy atom. The van der Waals surface area contributed by atoms with E-state index in [0.29, 0.717) is 18.7 Å². The van der Waals surface area contributed by atoms with E-state index in [1.807, 2.05) is 23.1 Å². The number of rotatable bonds is 4. The lowest BCUT2D eigenvalue weighted by atomic mass is 9.59. The standard InChI is InChI=1S/C23H25N3O3/c27-13-19-20(16-6-2-1-3-7-16)23(26(19)22(29)17-8-4-9-17)14-25(15-23)21(28)18-10-5-11-24-12-18/h1-3,5-7,10-12,17,19-20,27H,4,8-9,13-15H2/t19-,20-/m1/s1. The molecule has 6 nitrogen and oxygen atoms in total. The summed E-state index contributed by atoms with van der Waals surface area (Å²) in [6, 6.07) is 13.4. The van der Waals surface area contributed by atoms with Crippen molar-refractivity contribution in [1.82, 2.24) is 14.8 Å². The van der Waals surface area contributed by atoms with Crippen LogP contribution >= 0.6 is 0 Å². The number of pyridine rings is 1. The maximum Gasteiger partial charge on any atom is 0.255 e. The third-order valence-corrected chi connectivity index (χ3v) is 6.94. The van der Waals surface area contributed by atoms with Gasteiger partial charge in [-0.05, 0) is 30.5 Å². The minimum Gasteiger partial charge on any atom is -0.394 e. The van der Waals surface area contributed by atoms with Crippen LogP contribution in [0.3, 0.4) is 0 Å². The van der Waals surface area contributed by atoms with Crippen molar-refractivity contribution in [3.63, 3.8) is 0 Å². The first-order chi connectivity index (χ1) is 14.2. The van der Waals surface area contributed by atoms with Gasteiger partial charge >= 0.3 is 0 Å². The molecule has 0 radical (unpaired) electrons. The number of aromatic nitrogens is 1. The molecule has 29 heavy (non-hydrogen) atoms. The van der Waals surface area contributed by atoms with Crippen molar-refractivity contribution >= 4 is 11.8 Å². The summed E-state index contributed by atoms with van der Waals surface area (Å²) in [5.74, 6) is 0.200. The van der Waals surface area contributed by atoms with Crippen LogP contribution in [0.4, 0.5) is 0 Å². The minimum atomic E-state index is -0.417. The molecule has 2 amide bonds. The van der Waals surface area contributed by atoms with E-state index in [0.717, 1.165) is 24.8 Å². The lowest BCUT2D eigenvalue weighted by Crippen LogP contribution is -2.86. The molecule has 2 atom stereocenters. The van der Waals surface area contributed by atoms with Crippen LogP contribution in [-0.4, -0.2) is 63.0 Å². The molecule has 3 heterocycles. The minimum absolute atomic E-state index is 0.0377. The lowest BCUT2D eigenvalue weighted by Gasteiger charge is -2.71. The van der Waals surface area contributed by atoms with Gasteiger partial charge in [-0.2, -0.15) is 0 Å². The van der Waals surface area contributed by atoms with E-state index in [-0.39, 0.29) is 36.3 Å². The van der Waals surface area contributed by atoms with E-state index in [1.54, 1.807) is 29.4 Å². The smallest absolute Gasteiger partial charge is 0.255 e. The summed E-state index contributed by atoms with van der Waals surface area (Å²) in [7, 11) is 0. The predicted octanol–water partition coefficient (Wildman–Crippen LogP) is 2.06. The van der Waals surface area contributed by atoms with Gasteiger partial charge in [0.2, 0.25) is 5.91 Å². The Labute approximate surface area is 170 Å². The van der Waals surface area contributed by atoms with Crippen LogP contribution in [-0.2, 0) is 4.79 Å². The van der Waals surface area contributed by atoms with Crippen LogP contribution in [0, 0.1) is 5.92 Å². The molecule has 2 aliphatic heterocycles. The normalized spacial score (nSPS) is 25.1. The molecule has 1 spiro atoms. The average Bonchev–Trinajstić information content (AvgIpc) is 2.66. The van der Waals surface area contributed by atoms with Crippen molar-refractivity contribution in [3.05, 3.63) is 66.0 Å². The largest absolute Gasteiger partial charge is 0.394 e. The second-order valence-corrected chi connectivity index (χ2v) is 8.48. The molecular weight excluding hydrogens is 366 g/mol. The van der Waals surface area contributed by atoms with Gasteiger partial charge in [-0.25, -0.2) is 0 Å². The van der Waals surface area contributed by atoms with Crippen LogP contribution in [0.5, 0.6) is 0 Å². The Morgan fingerprint density at radius 1 is 1.10 bits per heavy atom. The van der Waals surface area contributed by atoms with Gasteiger partial charge in [0.15, 0.2) is 0 Å². The molecule has 5 rings (SSSR count). The quantitative estimate of drug-likeness (QED) is 0.866. The van der Waals surface area contributed by atoms with Crippen LogP contribution in [0.25, 0.3) is 0 Å². The van der Waals surface area contributed by atoms with Gasteiger partial charge < -0.3 is 14.9 Å². The van der Waals surface area contributed by atoms with E-state index in [4.69, 9.17) is 0 Å². The van der Waals surface area contributed by atoms with Gasteiger partial charge in [0.25, 0.3) is 5.91 Å². The molecule has 3 aliphatic rings. The lowest BCUT2D eigenvalue weighted by molar-refractivity contribution is -0.199. The Morgan fingerprint density at radius 3 is 2.45 bits per heavy atom. The Hall–Kier alpha value is -2.73. The molecule has 2 aromatic rings. The fraction of sp³-hybridized carbons (Fsp3) is 0.435. The topological polar surface area (TPSA) is 73.7 Å². The highest BCUT2D eigenvalue weighted by atomic mass is 16.3. The number of carbonyl (C=O) groups is 2. The van der Waals surface area contributed by atoms with Crippen LogP contribution in [0.2, 0.25) is 0 Å². The highest BCUT2D eigenvalue weighted by molar-refractivity contribution is 5.95. The van der Waals surface area contributed by atoms with Crippen LogP contribution in [0.15, 0.2) is 54.9 Å². The molecule has 1 aromatic heterocycles. The number of hydrogen-bond acceptors (Lipinski definition) is 4. The number of amides is 2. The number of likely N-dealkylation sites (tertiary alicyclic amines) is 2. The van der Waals surface area contributed by atoms with Crippen molar-refractivity contribution in [2.45, 2.75) is 36.8 Å². The molecule has 6 heteroatoms. The van der Waals surface area contributed by atoms with Crippen molar-refractivity contribution < 1.29 is 14.7 Å². The van der Waals surface area contributed by atoms with E-state index >= 15 is 0 Å². The average molecular weight is 391 g/mol. The maximum atomic E-state index is 13.2. The van der Waals surface area contributed by atoms with Crippen LogP contribution in [0.1, 0.15) is 41.1 Å².